The second-order valence-corrected chi connectivity index (χ2v) is 5.47. The van der Waals surface area contributed by atoms with Crippen molar-refractivity contribution >= 4 is 12.1 Å². The summed E-state index contributed by atoms with van der Waals surface area (Å²) in [4.78, 5) is 25.8. The van der Waals surface area contributed by atoms with Crippen LogP contribution in [0, 0.1) is 5.92 Å². The minimum atomic E-state index is -0.370. The molecule has 120 valence electrons. The monoisotopic (exact) mass is 305 g/mol. The van der Waals surface area contributed by atoms with Gasteiger partial charge in [-0.15, -0.1) is 0 Å². The van der Waals surface area contributed by atoms with Crippen molar-refractivity contribution in [3.05, 3.63) is 35.9 Å². The molecule has 1 saturated heterocycles. The van der Waals surface area contributed by atoms with Crippen LogP contribution in [0.1, 0.15) is 32.3 Å². The van der Waals surface area contributed by atoms with Crippen LogP contribution in [-0.2, 0) is 20.9 Å². The first-order chi connectivity index (χ1) is 10.6. The van der Waals surface area contributed by atoms with Crippen molar-refractivity contribution in [2.75, 3.05) is 13.2 Å². The van der Waals surface area contributed by atoms with Gasteiger partial charge in [-0.1, -0.05) is 30.3 Å². The molecule has 0 unspecified atom stereocenters. The Morgan fingerprint density at radius 1 is 1.23 bits per heavy atom. The molecule has 2 rings (SSSR count). The van der Waals surface area contributed by atoms with Crippen molar-refractivity contribution in [3.8, 4) is 0 Å². The molecular formula is C17H23NO4. The normalized spacial score (nSPS) is 21.3. The summed E-state index contributed by atoms with van der Waals surface area (Å²) in [5.41, 5.74) is 0.947. The highest BCUT2D eigenvalue weighted by atomic mass is 16.6. The summed E-state index contributed by atoms with van der Waals surface area (Å²) in [6.45, 7) is 4.89. The molecule has 0 saturated carbocycles. The fourth-order valence-corrected chi connectivity index (χ4v) is 2.77. The topological polar surface area (TPSA) is 55.8 Å². The Hall–Kier alpha value is -2.04. The van der Waals surface area contributed by atoms with E-state index in [4.69, 9.17) is 9.47 Å². The van der Waals surface area contributed by atoms with Crippen LogP contribution in [-0.4, -0.2) is 36.2 Å². The number of carbonyl (C=O) groups is 2. The van der Waals surface area contributed by atoms with Gasteiger partial charge in [-0.3, -0.25) is 4.79 Å². The minimum absolute atomic E-state index is 0.198. The number of carbonyl (C=O) groups excluding carboxylic acids is 2. The number of ether oxygens (including phenoxy) is 2. The van der Waals surface area contributed by atoms with Gasteiger partial charge in [0.25, 0.3) is 0 Å². The molecule has 0 aliphatic carbocycles. The van der Waals surface area contributed by atoms with Gasteiger partial charge in [0.15, 0.2) is 0 Å². The lowest BCUT2D eigenvalue weighted by Gasteiger charge is -2.37. The number of nitrogens with zero attached hydrogens (tertiary/aromatic N) is 1. The van der Waals surface area contributed by atoms with E-state index in [1.54, 1.807) is 11.8 Å². The number of hydrogen-bond acceptors (Lipinski definition) is 4. The number of rotatable bonds is 4. The molecule has 2 atom stereocenters. The van der Waals surface area contributed by atoms with E-state index in [1.807, 2.05) is 37.3 Å². The molecule has 22 heavy (non-hydrogen) atoms. The SMILES string of the molecule is CCOC(=O)[C@@H]1CCCN(C(=O)OCc2ccccc2)[C@H]1C. The van der Waals surface area contributed by atoms with Crippen molar-refractivity contribution < 1.29 is 19.1 Å². The van der Waals surface area contributed by atoms with Crippen LogP contribution < -0.4 is 0 Å². The predicted molar refractivity (Wildman–Crippen MR) is 82.2 cm³/mol. The molecule has 0 N–H and O–H groups in total. The smallest absolute Gasteiger partial charge is 0.410 e. The Kier molecular flexibility index (Phi) is 5.81. The van der Waals surface area contributed by atoms with Gasteiger partial charge < -0.3 is 14.4 Å². The molecule has 0 radical (unpaired) electrons. The first-order valence-electron chi connectivity index (χ1n) is 7.77. The van der Waals surface area contributed by atoms with E-state index in [1.165, 1.54) is 0 Å². The molecule has 5 nitrogen and oxygen atoms in total. The highest BCUT2D eigenvalue weighted by molar-refractivity contribution is 5.75. The van der Waals surface area contributed by atoms with Gasteiger partial charge >= 0.3 is 12.1 Å². The van der Waals surface area contributed by atoms with Crippen LogP contribution in [0.25, 0.3) is 0 Å². The van der Waals surface area contributed by atoms with Crippen LogP contribution in [0.2, 0.25) is 0 Å². The zero-order chi connectivity index (χ0) is 15.9. The summed E-state index contributed by atoms with van der Waals surface area (Å²) >= 11 is 0. The maximum Gasteiger partial charge on any atom is 0.410 e. The van der Waals surface area contributed by atoms with Crippen LogP contribution in [0.4, 0.5) is 4.79 Å². The third kappa shape index (κ3) is 4.00. The first-order valence-corrected chi connectivity index (χ1v) is 7.77. The number of esters is 1. The number of amides is 1. The molecule has 5 heteroatoms. The van der Waals surface area contributed by atoms with E-state index in [2.05, 4.69) is 0 Å². The van der Waals surface area contributed by atoms with Crippen molar-refractivity contribution in [2.45, 2.75) is 39.3 Å². The average Bonchev–Trinajstić information content (AvgIpc) is 2.54. The summed E-state index contributed by atoms with van der Waals surface area (Å²) in [6, 6.07) is 9.36. The maximum absolute atomic E-state index is 12.3. The Bertz CT molecular complexity index is 503. The zero-order valence-corrected chi connectivity index (χ0v) is 13.2. The van der Waals surface area contributed by atoms with E-state index >= 15 is 0 Å². The van der Waals surface area contributed by atoms with Gasteiger partial charge in [-0.25, -0.2) is 4.79 Å². The number of hydrogen-bond donors (Lipinski definition) is 0. The van der Waals surface area contributed by atoms with Gasteiger partial charge in [0.05, 0.1) is 12.5 Å². The Balaban J connectivity index is 1.92. The van der Waals surface area contributed by atoms with E-state index in [0.29, 0.717) is 13.2 Å². The molecule has 1 amide bonds. The summed E-state index contributed by atoms with van der Waals surface area (Å²) in [6.07, 6.45) is 1.17. The number of piperidine rings is 1. The summed E-state index contributed by atoms with van der Waals surface area (Å²) in [5, 5.41) is 0. The van der Waals surface area contributed by atoms with E-state index in [9.17, 15) is 9.59 Å². The highest BCUT2D eigenvalue weighted by Gasteiger charge is 2.36. The van der Waals surface area contributed by atoms with E-state index in [-0.39, 0.29) is 30.6 Å². The molecule has 1 aliphatic rings. The van der Waals surface area contributed by atoms with Crippen LogP contribution in [0.15, 0.2) is 30.3 Å². The second-order valence-electron chi connectivity index (χ2n) is 5.47. The van der Waals surface area contributed by atoms with Crippen LogP contribution in [0.5, 0.6) is 0 Å². The Morgan fingerprint density at radius 2 is 1.95 bits per heavy atom. The molecule has 0 bridgehead atoms. The van der Waals surface area contributed by atoms with Gasteiger partial charge in [-0.2, -0.15) is 0 Å². The molecule has 1 aliphatic heterocycles. The lowest BCUT2D eigenvalue weighted by molar-refractivity contribution is -0.151. The third-order valence-electron chi connectivity index (χ3n) is 4.02. The lowest BCUT2D eigenvalue weighted by atomic mass is 9.90. The van der Waals surface area contributed by atoms with Crippen LogP contribution in [0.3, 0.4) is 0 Å². The van der Waals surface area contributed by atoms with Crippen LogP contribution >= 0.6 is 0 Å². The zero-order valence-electron chi connectivity index (χ0n) is 13.2. The standard InChI is InChI=1S/C17H23NO4/c1-3-21-16(19)15-10-7-11-18(13(15)2)17(20)22-12-14-8-5-4-6-9-14/h4-6,8-9,13,15H,3,7,10-12H2,1-2H3/t13-,15+/m0/s1. The molecule has 1 aromatic carbocycles. The van der Waals surface area contributed by atoms with Crippen molar-refractivity contribution in [1.82, 2.24) is 4.90 Å². The Morgan fingerprint density at radius 3 is 2.64 bits per heavy atom. The quantitative estimate of drug-likeness (QED) is 0.802. The van der Waals surface area contributed by atoms with Gasteiger partial charge in [0.1, 0.15) is 6.61 Å². The summed E-state index contributed by atoms with van der Waals surface area (Å²) in [7, 11) is 0. The van der Waals surface area contributed by atoms with E-state index in [0.717, 1.165) is 18.4 Å². The van der Waals surface area contributed by atoms with Crippen molar-refractivity contribution in [2.24, 2.45) is 5.92 Å². The fraction of sp³-hybridized carbons (Fsp3) is 0.529. The largest absolute Gasteiger partial charge is 0.466 e. The lowest BCUT2D eigenvalue weighted by Crippen LogP contribution is -2.49. The molecule has 1 aromatic rings. The predicted octanol–water partition coefficient (Wildman–Crippen LogP) is 2.99. The third-order valence-corrected chi connectivity index (χ3v) is 4.02. The Labute approximate surface area is 131 Å². The minimum Gasteiger partial charge on any atom is -0.466 e. The number of likely N-dealkylation sites (tertiary alicyclic amines) is 1. The van der Waals surface area contributed by atoms with E-state index < -0.39 is 0 Å². The molecule has 1 fully saturated rings. The second kappa shape index (κ2) is 7.82. The average molecular weight is 305 g/mol. The molecule has 1 heterocycles. The highest BCUT2D eigenvalue weighted by Crippen LogP contribution is 2.25. The first kappa shape index (κ1) is 16.3. The van der Waals surface area contributed by atoms with Crippen molar-refractivity contribution in [1.29, 1.82) is 0 Å². The van der Waals surface area contributed by atoms with Crippen molar-refractivity contribution in [3.63, 3.8) is 0 Å². The van der Waals surface area contributed by atoms with Gasteiger partial charge in [0, 0.05) is 12.6 Å². The van der Waals surface area contributed by atoms with Gasteiger partial charge in [-0.05, 0) is 32.3 Å². The summed E-state index contributed by atoms with van der Waals surface area (Å²) < 4.78 is 10.5. The molecular weight excluding hydrogens is 282 g/mol. The number of benzene rings is 1. The fourth-order valence-electron chi connectivity index (χ4n) is 2.77. The maximum atomic E-state index is 12.3. The molecule has 0 aromatic heterocycles. The molecule has 0 spiro atoms. The van der Waals surface area contributed by atoms with Gasteiger partial charge in [0.2, 0.25) is 0 Å². The summed E-state index contributed by atoms with van der Waals surface area (Å²) in [5.74, 6) is -0.492.